The fraction of sp³-hybridized carbons (Fsp3) is 0.348. The number of ether oxygens (including phenoxy) is 1. The third-order valence-electron chi connectivity index (χ3n) is 5.10. The minimum Gasteiger partial charge on any atom is -0.451 e. The number of fused-ring (bicyclic) bond motifs is 1. The molecule has 0 saturated carbocycles. The van der Waals surface area contributed by atoms with E-state index in [2.05, 4.69) is 9.97 Å². The number of nitrogens with zero attached hydrogens (tertiary/aromatic N) is 3. The molecule has 33 heavy (non-hydrogen) atoms. The molecule has 10 nitrogen and oxygen atoms in total. The summed E-state index contributed by atoms with van der Waals surface area (Å²) in [5, 5.41) is 0.868. The number of hydrogen-bond donors (Lipinski definition) is 2. The van der Waals surface area contributed by atoms with Gasteiger partial charge in [0.25, 0.3) is 11.5 Å². The fourth-order valence-electron chi connectivity index (χ4n) is 3.42. The Kier molecular flexibility index (Phi) is 7.60. The first kappa shape index (κ1) is 23.7. The lowest BCUT2D eigenvalue weighted by Gasteiger charge is -2.24. The number of hydrogen-bond acceptors (Lipinski definition) is 7. The van der Waals surface area contributed by atoms with Crippen molar-refractivity contribution in [3.8, 4) is 0 Å². The maximum atomic E-state index is 13.0. The molecule has 1 amide bonds. The second-order valence-corrected chi connectivity index (χ2v) is 7.51. The molecule has 1 aromatic carbocycles. The molecular formula is C23H27N5O5. The third kappa shape index (κ3) is 5.28. The molecule has 0 spiro atoms. The Morgan fingerprint density at radius 2 is 1.88 bits per heavy atom. The highest BCUT2D eigenvalue weighted by atomic mass is 16.5. The van der Waals surface area contributed by atoms with Crippen molar-refractivity contribution < 1.29 is 14.3 Å². The largest absolute Gasteiger partial charge is 0.451 e. The van der Waals surface area contributed by atoms with Crippen LogP contribution in [0.3, 0.4) is 0 Å². The van der Waals surface area contributed by atoms with Crippen molar-refractivity contribution in [3.63, 3.8) is 0 Å². The first-order valence-electron chi connectivity index (χ1n) is 10.8. The summed E-state index contributed by atoms with van der Waals surface area (Å²) in [6.07, 6.45) is 1.93. The van der Waals surface area contributed by atoms with Crippen LogP contribution in [-0.2, 0) is 16.1 Å². The van der Waals surface area contributed by atoms with Gasteiger partial charge in [-0.3, -0.25) is 19.1 Å². The zero-order chi connectivity index (χ0) is 24.0. The number of pyridine rings is 1. The van der Waals surface area contributed by atoms with E-state index in [0.717, 1.165) is 11.8 Å². The molecule has 0 aliphatic carbocycles. The number of para-hydroxylation sites is 1. The van der Waals surface area contributed by atoms with E-state index in [-0.39, 0.29) is 30.3 Å². The lowest BCUT2D eigenvalue weighted by Crippen LogP contribution is -2.43. The summed E-state index contributed by atoms with van der Waals surface area (Å²) >= 11 is 0. The zero-order valence-electron chi connectivity index (χ0n) is 18.7. The monoisotopic (exact) mass is 453 g/mol. The van der Waals surface area contributed by atoms with E-state index in [1.807, 2.05) is 26.0 Å². The number of anilines is 2. The molecule has 2 aromatic heterocycles. The second-order valence-electron chi connectivity index (χ2n) is 7.51. The Hall–Kier alpha value is -3.95. The molecule has 3 N–H and O–H groups in total. The molecule has 174 valence electrons. The summed E-state index contributed by atoms with van der Waals surface area (Å²) in [4.78, 5) is 57.8. The van der Waals surface area contributed by atoms with Crippen LogP contribution in [-0.4, -0.2) is 39.6 Å². The Labute approximate surface area is 190 Å². The molecular weight excluding hydrogens is 426 g/mol. The van der Waals surface area contributed by atoms with Crippen molar-refractivity contribution in [1.29, 1.82) is 0 Å². The lowest BCUT2D eigenvalue weighted by atomic mass is 10.2. The number of nitrogens with one attached hydrogen (secondary N) is 1. The Balaban J connectivity index is 1.84. The van der Waals surface area contributed by atoms with Crippen molar-refractivity contribution in [2.45, 2.75) is 39.7 Å². The average Bonchev–Trinajstić information content (AvgIpc) is 2.81. The van der Waals surface area contributed by atoms with Crippen LogP contribution in [0.1, 0.15) is 43.6 Å². The summed E-state index contributed by atoms with van der Waals surface area (Å²) < 4.78 is 6.40. The number of benzene rings is 1. The Morgan fingerprint density at radius 1 is 1.12 bits per heavy atom. The molecule has 0 radical (unpaired) electrons. The van der Waals surface area contributed by atoms with E-state index in [9.17, 15) is 19.2 Å². The van der Waals surface area contributed by atoms with Crippen molar-refractivity contribution in [2.75, 3.05) is 23.8 Å². The first-order chi connectivity index (χ1) is 15.9. The maximum Gasteiger partial charge on any atom is 0.357 e. The number of rotatable bonds is 9. The Bertz CT molecular complexity index is 1280. The van der Waals surface area contributed by atoms with E-state index in [4.69, 9.17) is 10.5 Å². The number of H-pyrrole nitrogens is 1. The van der Waals surface area contributed by atoms with Crippen LogP contribution in [0, 0.1) is 0 Å². The second kappa shape index (κ2) is 10.6. The number of carbonyl (C=O) groups is 2. The van der Waals surface area contributed by atoms with E-state index in [1.165, 1.54) is 15.5 Å². The molecule has 10 heteroatoms. The van der Waals surface area contributed by atoms with Gasteiger partial charge in [-0.05, 0) is 25.0 Å². The molecule has 2 heterocycles. The number of nitrogens with two attached hydrogens (primary N) is 1. The highest BCUT2D eigenvalue weighted by Crippen LogP contribution is 2.18. The van der Waals surface area contributed by atoms with Crippen molar-refractivity contribution >= 4 is 34.3 Å². The highest BCUT2D eigenvalue weighted by Gasteiger charge is 2.25. The van der Waals surface area contributed by atoms with Gasteiger partial charge in [0.15, 0.2) is 12.3 Å². The van der Waals surface area contributed by atoms with Crippen LogP contribution in [0.2, 0.25) is 0 Å². The summed E-state index contributed by atoms with van der Waals surface area (Å²) in [6.45, 7) is 3.64. The number of carbonyl (C=O) groups excluding carboxylic acids is 2. The van der Waals surface area contributed by atoms with Crippen LogP contribution < -0.4 is 21.9 Å². The predicted octanol–water partition coefficient (Wildman–Crippen LogP) is 2.07. The standard InChI is InChI=1S/C23H27N5O5/c1-3-5-13-27(19-20(24)28(12-4-2)23(32)26-21(19)30)18(29)14-33-22(31)17-11-10-15-8-6-7-9-16(15)25-17/h6-11H,3-5,12-14,24H2,1-2H3,(H,26,30,32). The van der Waals surface area contributed by atoms with Gasteiger partial charge in [0.1, 0.15) is 11.5 Å². The fourth-order valence-corrected chi connectivity index (χ4v) is 3.42. The number of unbranched alkanes of at least 4 members (excludes halogenated alkanes) is 1. The SMILES string of the molecule is CCCCN(C(=O)COC(=O)c1ccc2ccccc2n1)c1c(N)n(CCC)c(=O)[nH]c1=O. The summed E-state index contributed by atoms with van der Waals surface area (Å²) in [6, 6.07) is 10.6. The minimum atomic E-state index is -0.767. The van der Waals surface area contributed by atoms with Gasteiger partial charge in [-0.25, -0.2) is 14.6 Å². The lowest BCUT2D eigenvalue weighted by molar-refractivity contribution is -0.121. The number of amides is 1. The van der Waals surface area contributed by atoms with Crippen LogP contribution in [0.4, 0.5) is 11.5 Å². The predicted molar refractivity (Wildman–Crippen MR) is 125 cm³/mol. The topological polar surface area (TPSA) is 140 Å². The van der Waals surface area contributed by atoms with Gasteiger partial charge < -0.3 is 15.4 Å². The van der Waals surface area contributed by atoms with E-state index in [0.29, 0.717) is 18.4 Å². The zero-order valence-corrected chi connectivity index (χ0v) is 18.7. The third-order valence-corrected chi connectivity index (χ3v) is 5.10. The van der Waals surface area contributed by atoms with Gasteiger partial charge in [-0.2, -0.15) is 0 Å². The van der Waals surface area contributed by atoms with Gasteiger partial charge in [0.2, 0.25) is 0 Å². The van der Waals surface area contributed by atoms with Gasteiger partial charge in [0, 0.05) is 18.5 Å². The molecule has 0 fully saturated rings. The smallest absolute Gasteiger partial charge is 0.357 e. The molecule has 0 unspecified atom stereocenters. The van der Waals surface area contributed by atoms with Crippen molar-refractivity contribution in [1.82, 2.24) is 14.5 Å². The molecule has 3 aromatic rings. The van der Waals surface area contributed by atoms with Gasteiger partial charge >= 0.3 is 11.7 Å². The molecule has 3 rings (SSSR count). The van der Waals surface area contributed by atoms with Gasteiger partial charge in [-0.1, -0.05) is 44.5 Å². The first-order valence-corrected chi connectivity index (χ1v) is 10.8. The quantitative estimate of drug-likeness (QED) is 0.473. The van der Waals surface area contributed by atoms with Gasteiger partial charge in [-0.15, -0.1) is 0 Å². The molecule has 0 bridgehead atoms. The van der Waals surface area contributed by atoms with Crippen LogP contribution >= 0.6 is 0 Å². The average molecular weight is 453 g/mol. The maximum absolute atomic E-state index is 13.0. The van der Waals surface area contributed by atoms with Crippen molar-refractivity contribution in [3.05, 3.63) is 62.9 Å². The van der Waals surface area contributed by atoms with Crippen LogP contribution in [0.5, 0.6) is 0 Å². The number of nitrogen functional groups attached to an aromatic ring is 1. The van der Waals surface area contributed by atoms with Crippen LogP contribution in [0.15, 0.2) is 46.0 Å². The molecule has 0 aliphatic heterocycles. The normalized spacial score (nSPS) is 10.8. The highest BCUT2D eigenvalue weighted by molar-refractivity contribution is 5.98. The molecule has 0 atom stereocenters. The summed E-state index contributed by atoms with van der Waals surface area (Å²) in [7, 11) is 0. The van der Waals surface area contributed by atoms with E-state index in [1.54, 1.807) is 18.2 Å². The number of esters is 1. The molecule has 0 aliphatic rings. The molecule has 0 saturated heterocycles. The number of aromatic nitrogens is 3. The van der Waals surface area contributed by atoms with E-state index < -0.39 is 29.7 Å². The summed E-state index contributed by atoms with van der Waals surface area (Å²) in [5.74, 6) is -1.49. The van der Waals surface area contributed by atoms with Gasteiger partial charge in [0.05, 0.1) is 5.52 Å². The summed E-state index contributed by atoms with van der Waals surface area (Å²) in [5.41, 5.74) is 5.27. The van der Waals surface area contributed by atoms with E-state index >= 15 is 0 Å². The van der Waals surface area contributed by atoms with Crippen LogP contribution in [0.25, 0.3) is 10.9 Å². The number of aromatic amines is 1. The Morgan fingerprint density at radius 3 is 2.61 bits per heavy atom. The van der Waals surface area contributed by atoms with Crippen molar-refractivity contribution in [2.24, 2.45) is 0 Å². The minimum absolute atomic E-state index is 0.0652.